The number of halogens is 1. The summed E-state index contributed by atoms with van der Waals surface area (Å²) < 4.78 is 14.4. The number of hydrogen-bond acceptors (Lipinski definition) is 5. The first-order valence-electron chi connectivity index (χ1n) is 11.6. The average molecular weight is 412 g/mol. The highest BCUT2D eigenvalue weighted by atomic mass is 19.1. The number of unbranched alkanes of at least 4 members (excludes halogenated alkanes) is 1. The van der Waals surface area contributed by atoms with Gasteiger partial charge < -0.3 is 15.1 Å². The second-order valence-electron chi connectivity index (χ2n) is 8.51. The standard InChI is InChI=1S/C24H34FN5/c1-2-3-13-26-23-21(20-9-5-6-10-22(20)25)18-27-24(28-23)30-16-11-19(12-17-30)29-14-7-4-8-15-29/h5-6,9-10,18-19H,2-4,7-8,11-17H2,1H3,(H,26,27,28). The Labute approximate surface area is 179 Å². The average Bonchev–Trinajstić information content (AvgIpc) is 2.80. The quantitative estimate of drug-likeness (QED) is 0.653. The van der Waals surface area contributed by atoms with Crippen molar-refractivity contribution < 1.29 is 4.39 Å². The molecule has 2 aliphatic rings. The van der Waals surface area contributed by atoms with Crippen molar-refractivity contribution in [2.45, 2.75) is 57.9 Å². The summed E-state index contributed by atoms with van der Waals surface area (Å²) in [5.41, 5.74) is 1.28. The Morgan fingerprint density at radius 1 is 1.03 bits per heavy atom. The van der Waals surface area contributed by atoms with Crippen molar-refractivity contribution in [2.75, 3.05) is 42.9 Å². The highest BCUT2D eigenvalue weighted by molar-refractivity contribution is 5.75. The number of likely N-dealkylation sites (tertiary alicyclic amines) is 1. The first-order chi connectivity index (χ1) is 14.8. The van der Waals surface area contributed by atoms with Crippen LogP contribution in [0.1, 0.15) is 51.9 Å². The third-order valence-electron chi connectivity index (χ3n) is 6.42. The van der Waals surface area contributed by atoms with Gasteiger partial charge in [0.1, 0.15) is 11.6 Å². The van der Waals surface area contributed by atoms with Crippen LogP contribution >= 0.6 is 0 Å². The summed E-state index contributed by atoms with van der Waals surface area (Å²) in [4.78, 5) is 14.5. The molecule has 4 rings (SSSR count). The molecule has 0 bridgehead atoms. The summed E-state index contributed by atoms with van der Waals surface area (Å²) in [6, 6.07) is 7.55. The van der Waals surface area contributed by atoms with Crippen LogP contribution in [-0.4, -0.2) is 53.6 Å². The minimum atomic E-state index is -0.241. The molecule has 6 heteroatoms. The van der Waals surface area contributed by atoms with Crippen LogP contribution < -0.4 is 10.2 Å². The van der Waals surface area contributed by atoms with Gasteiger partial charge in [-0.15, -0.1) is 0 Å². The fraction of sp³-hybridized carbons (Fsp3) is 0.583. The topological polar surface area (TPSA) is 44.3 Å². The van der Waals surface area contributed by atoms with Crippen LogP contribution in [0, 0.1) is 5.82 Å². The van der Waals surface area contributed by atoms with E-state index in [1.54, 1.807) is 18.3 Å². The van der Waals surface area contributed by atoms with E-state index in [-0.39, 0.29) is 5.82 Å². The molecule has 0 saturated carbocycles. The molecule has 0 aliphatic carbocycles. The van der Waals surface area contributed by atoms with Crippen molar-refractivity contribution in [2.24, 2.45) is 0 Å². The van der Waals surface area contributed by atoms with Crippen LogP contribution in [0.15, 0.2) is 30.5 Å². The van der Waals surface area contributed by atoms with Crippen LogP contribution in [0.25, 0.3) is 11.1 Å². The molecule has 0 unspecified atom stereocenters. The summed E-state index contributed by atoms with van der Waals surface area (Å²) >= 11 is 0. The van der Waals surface area contributed by atoms with Crippen molar-refractivity contribution in [3.8, 4) is 11.1 Å². The van der Waals surface area contributed by atoms with Gasteiger partial charge in [0.15, 0.2) is 0 Å². The number of benzene rings is 1. The molecule has 1 aromatic heterocycles. The third-order valence-corrected chi connectivity index (χ3v) is 6.42. The molecule has 0 radical (unpaired) electrons. The number of hydrogen-bond donors (Lipinski definition) is 1. The van der Waals surface area contributed by atoms with Gasteiger partial charge in [0, 0.05) is 43.0 Å². The zero-order valence-electron chi connectivity index (χ0n) is 18.1. The molecule has 30 heavy (non-hydrogen) atoms. The lowest BCUT2D eigenvalue weighted by molar-refractivity contribution is 0.141. The van der Waals surface area contributed by atoms with Crippen molar-refractivity contribution in [1.82, 2.24) is 14.9 Å². The minimum absolute atomic E-state index is 0.241. The number of nitrogens with zero attached hydrogens (tertiary/aromatic N) is 4. The fourth-order valence-corrected chi connectivity index (χ4v) is 4.63. The van der Waals surface area contributed by atoms with Gasteiger partial charge in [0.05, 0.1) is 0 Å². The fourth-order valence-electron chi connectivity index (χ4n) is 4.63. The van der Waals surface area contributed by atoms with Gasteiger partial charge in [-0.2, -0.15) is 4.98 Å². The van der Waals surface area contributed by atoms with Gasteiger partial charge in [-0.1, -0.05) is 38.0 Å². The Balaban J connectivity index is 1.50. The second kappa shape index (κ2) is 10.2. The molecule has 1 N–H and O–H groups in total. The molecule has 0 atom stereocenters. The Hall–Kier alpha value is -2.21. The van der Waals surface area contributed by atoms with E-state index < -0.39 is 0 Å². The first-order valence-corrected chi connectivity index (χ1v) is 11.6. The molecule has 2 aliphatic heterocycles. The molecule has 2 aromatic rings. The van der Waals surface area contributed by atoms with Crippen molar-refractivity contribution in [1.29, 1.82) is 0 Å². The summed E-state index contributed by atoms with van der Waals surface area (Å²) in [6.07, 6.45) is 10.3. The molecule has 2 saturated heterocycles. The maximum atomic E-state index is 14.4. The molecular formula is C24H34FN5. The molecule has 0 spiro atoms. The van der Waals surface area contributed by atoms with Gasteiger partial charge in [0.2, 0.25) is 5.95 Å². The zero-order chi connectivity index (χ0) is 20.8. The Morgan fingerprint density at radius 2 is 1.80 bits per heavy atom. The van der Waals surface area contributed by atoms with E-state index in [0.717, 1.165) is 62.6 Å². The molecule has 5 nitrogen and oxygen atoms in total. The van der Waals surface area contributed by atoms with Crippen LogP contribution in [0.2, 0.25) is 0 Å². The molecule has 0 amide bonds. The van der Waals surface area contributed by atoms with E-state index >= 15 is 0 Å². The lowest BCUT2D eigenvalue weighted by Crippen LogP contribution is -2.47. The zero-order valence-corrected chi connectivity index (χ0v) is 18.1. The maximum absolute atomic E-state index is 14.4. The summed E-state index contributed by atoms with van der Waals surface area (Å²) in [5.74, 6) is 1.25. The van der Waals surface area contributed by atoms with E-state index in [1.165, 1.54) is 38.4 Å². The van der Waals surface area contributed by atoms with E-state index in [9.17, 15) is 4.39 Å². The third kappa shape index (κ3) is 4.91. The van der Waals surface area contributed by atoms with E-state index in [0.29, 0.717) is 11.6 Å². The summed E-state index contributed by atoms with van der Waals surface area (Å²) in [6.45, 7) is 7.46. The Bertz CT molecular complexity index is 813. The smallest absolute Gasteiger partial charge is 0.227 e. The SMILES string of the molecule is CCCCNc1nc(N2CCC(N3CCCCC3)CC2)ncc1-c1ccccc1F. The highest BCUT2D eigenvalue weighted by Gasteiger charge is 2.27. The lowest BCUT2D eigenvalue weighted by Gasteiger charge is -2.40. The van der Waals surface area contributed by atoms with Gasteiger partial charge in [-0.3, -0.25) is 0 Å². The Kier molecular flexibility index (Phi) is 7.16. The highest BCUT2D eigenvalue weighted by Crippen LogP contribution is 2.30. The van der Waals surface area contributed by atoms with Crippen molar-refractivity contribution >= 4 is 11.8 Å². The molecule has 162 valence electrons. The molecular weight excluding hydrogens is 377 g/mol. The maximum Gasteiger partial charge on any atom is 0.227 e. The number of anilines is 2. The largest absolute Gasteiger partial charge is 0.369 e. The normalized spacial score (nSPS) is 18.5. The minimum Gasteiger partial charge on any atom is -0.369 e. The lowest BCUT2D eigenvalue weighted by atomic mass is 10.00. The number of aromatic nitrogens is 2. The van der Waals surface area contributed by atoms with Crippen molar-refractivity contribution in [3.05, 3.63) is 36.3 Å². The van der Waals surface area contributed by atoms with E-state index in [4.69, 9.17) is 4.98 Å². The summed E-state index contributed by atoms with van der Waals surface area (Å²) in [5, 5.41) is 3.43. The van der Waals surface area contributed by atoms with Crippen LogP contribution in [0.4, 0.5) is 16.2 Å². The van der Waals surface area contributed by atoms with Gasteiger partial charge in [-0.25, -0.2) is 9.37 Å². The van der Waals surface area contributed by atoms with Crippen LogP contribution in [0.5, 0.6) is 0 Å². The monoisotopic (exact) mass is 411 g/mol. The molecule has 3 heterocycles. The second-order valence-corrected chi connectivity index (χ2v) is 8.51. The van der Waals surface area contributed by atoms with Gasteiger partial charge in [0.25, 0.3) is 0 Å². The van der Waals surface area contributed by atoms with Crippen LogP contribution in [-0.2, 0) is 0 Å². The van der Waals surface area contributed by atoms with Gasteiger partial charge in [-0.05, 0) is 51.3 Å². The Morgan fingerprint density at radius 3 is 2.53 bits per heavy atom. The predicted octanol–water partition coefficient (Wildman–Crippen LogP) is 4.95. The number of nitrogens with one attached hydrogen (secondary N) is 1. The van der Waals surface area contributed by atoms with E-state index in [1.807, 2.05) is 6.07 Å². The number of piperidine rings is 2. The van der Waals surface area contributed by atoms with E-state index in [2.05, 4.69) is 27.0 Å². The molecule has 1 aromatic carbocycles. The first kappa shape index (κ1) is 21.0. The predicted molar refractivity (Wildman–Crippen MR) is 121 cm³/mol. The molecule has 2 fully saturated rings. The van der Waals surface area contributed by atoms with Crippen LogP contribution in [0.3, 0.4) is 0 Å². The summed E-state index contributed by atoms with van der Waals surface area (Å²) in [7, 11) is 0. The van der Waals surface area contributed by atoms with Crippen molar-refractivity contribution in [3.63, 3.8) is 0 Å². The number of rotatable bonds is 7. The van der Waals surface area contributed by atoms with Gasteiger partial charge >= 0.3 is 0 Å².